The summed E-state index contributed by atoms with van der Waals surface area (Å²) in [5, 5.41) is 4.55. The summed E-state index contributed by atoms with van der Waals surface area (Å²) in [5.74, 6) is 5.86. The van der Waals surface area contributed by atoms with Gasteiger partial charge in [0.2, 0.25) is 0 Å². The van der Waals surface area contributed by atoms with Crippen LogP contribution in [0.3, 0.4) is 0 Å². The third-order valence-corrected chi connectivity index (χ3v) is 10.9. The number of ether oxygens (including phenoxy) is 2. The smallest absolute Gasteiger partial charge is 0.159 e. The first kappa shape index (κ1) is 37.0. The second-order valence-electron chi connectivity index (χ2n) is 16.2. The van der Waals surface area contributed by atoms with E-state index in [1.165, 1.54) is 0 Å². The van der Waals surface area contributed by atoms with Gasteiger partial charge >= 0.3 is 0 Å². The van der Waals surface area contributed by atoms with E-state index < -0.39 is 0 Å². The van der Waals surface area contributed by atoms with Crippen molar-refractivity contribution in [3.8, 4) is 46.0 Å². The zero-order valence-corrected chi connectivity index (χ0v) is 34.1. The molecule has 10 aromatic rings. The number of benzene rings is 5. The van der Waals surface area contributed by atoms with Crippen LogP contribution in [0, 0.1) is 11.8 Å². The molecule has 60 heavy (non-hydrogen) atoms. The van der Waals surface area contributed by atoms with Gasteiger partial charge in [0.25, 0.3) is 0 Å². The van der Waals surface area contributed by atoms with Crippen LogP contribution in [0.2, 0.25) is 0 Å². The first-order valence-electron chi connectivity index (χ1n) is 20.6. The minimum absolute atomic E-state index is 0.301. The van der Waals surface area contributed by atoms with Gasteiger partial charge in [-0.1, -0.05) is 76.2 Å². The maximum absolute atomic E-state index is 7.03. The molecule has 0 radical (unpaired) electrons. The van der Waals surface area contributed by atoms with Crippen molar-refractivity contribution < 1.29 is 9.47 Å². The first-order valence-corrected chi connectivity index (χ1v) is 20.6. The average Bonchev–Trinajstić information content (AvgIpc) is 3.77. The molecule has 0 fully saturated rings. The molecule has 0 atom stereocenters. The molecule has 0 aliphatic heterocycles. The molecule has 0 aliphatic rings. The van der Waals surface area contributed by atoms with Gasteiger partial charge in [0, 0.05) is 69.6 Å². The summed E-state index contributed by atoms with van der Waals surface area (Å²) in [6, 6.07) is 45.6. The fourth-order valence-electron chi connectivity index (χ4n) is 8.37. The fraction of sp³-hybridized carbons (Fsp3) is 0.154. The molecule has 10 rings (SSSR count). The topological polar surface area (TPSA) is 79.9 Å². The minimum atomic E-state index is 0.301. The van der Waals surface area contributed by atoms with Gasteiger partial charge in [-0.25, -0.2) is 19.9 Å². The number of nitrogens with zero attached hydrogens (tertiary/aromatic N) is 6. The first-order chi connectivity index (χ1) is 29.4. The Balaban J connectivity index is 1.13. The Labute approximate surface area is 348 Å². The van der Waals surface area contributed by atoms with Gasteiger partial charge in [0.05, 0.1) is 22.1 Å². The van der Waals surface area contributed by atoms with Crippen molar-refractivity contribution in [2.75, 3.05) is 0 Å². The number of aromatic nitrogens is 6. The number of fused-ring (bicyclic) bond motifs is 6. The summed E-state index contributed by atoms with van der Waals surface area (Å²) in [4.78, 5) is 19.2. The van der Waals surface area contributed by atoms with Crippen molar-refractivity contribution in [2.24, 2.45) is 11.8 Å². The SMILES string of the molecule is CC(C)Cc1cnc(-c2cc(Oc3ccc4c5ccccc5n(-c5ccccn5)c4c3)c(CC(C)C)c(Oc3ccc4c5ccccc5n(-c5ccccn5)c4c3)c2)nc1. The van der Waals surface area contributed by atoms with E-state index >= 15 is 0 Å². The van der Waals surface area contributed by atoms with E-state index in [1.807, 2.05) is 73.3 Å². The Kier molecular flexibility index (Phi) is 9.53. The highest BCUT2D eigenvalue weighted by Crippen LogP contribution is 2.43. The summed E-state index contributed by atoms with van der Waals surface area (Å²) in [7, 11) is 0. The molecule has 5 heterocycles. The maximum Gasteiger partial charge on any atom is 0.159 e. The van der Waals surface area contributed by atoms with E-state index in [9.17, 15) is 0 Å². The van der Waals surface area contributed by atoms with Crippen LogP contribution >= 0.6 is 0 Å². The normalized spacial score (nSPS) is 11.8. The molecule has 5 aromatic carbocycles. The second-order valence-corrected chi connectivity index (χ2v) is 16.2. The molecule has 8 heteroatoms. The third-order valence-electron chi connectivity index (χ3n) is 10.9. The molecule has 8 nitrogen and oxygen atoms in total. The maximum atomic E-state index is 7.03. The summed E-state index contributed by atoms with van der Waals surface area (Å²) in [5.41, 5.74) is 7.04. The van der Waals surface area contributed by atoms with Crippen LogP contribution in [0.4, 0.5) is 0 Å². The average molecular weight is 785 g/mol. The van der Waals surface area contributed by atoms with Crippen LogP contribution in [0.25, 0.3) is 66.6 Å². The standard InChI is InChI=1S/C52H44N6O2/c1-33(2)25-35-31-55-52(56-32-35)36-27-48(59-37-19-21-41-39-13-5-7-15-44(39)57(46(41)29-37)50-17-9-11-23-53-50)43(26-34(3)4)49(28-36)60-38-20-22-42-40-14-6-8-16-45(40)58(47(42)30-38)51-18-10-12-24-54-51/h5-24,27-34H,25-26H2,1-4H3. The van der Waals surface area contributed by atoms with E-state index in [-0.39, 0.29) is 0 Å². The molecule has 5 aromatic heterocycles. The molecule has 0 amide bonds. The summed E-state index contributed by atoms with van der Waals surface area (Å²) in [6.45, 7) is 8.84. The Morgan fingerprint density at radius 2 is 0.933 bits per heavy atom. The molecule has 0 aliphatic carbocycles. The van der Waals surface area contributed by atoms with Gasteiger partial charge in [0.1, 0.15) is 34.6 Å². The van der Waals surface area contributed by atoms with Crippen LogP contribution in [0.15, 0.2) is 158 Å². The Morgan fingerprint density at radius 1 is 0.467 bits per heavy atom. The van der Waals surface area contributed by atoms with Crippen molar-refractivity contribution in [1.29, 1.82) is 0 Å². The van der Waals surface area contributed by atoms with Crippen molar-refractivity contribution in [2.45, 2.75) is 40.5 Å². The Hall–Kier alpha value is -7.32. The molecule has 294 valence electrons. The lowest BCUT2D eigenvalue weighted by Crippen LogP contribution is -2.03. The summed E-state index contributed by atoms with van der Waals surface area (Å²) in [6.07, 6.45) is 9.14. The van der Waals surface area contributed by atoms with Gasteiger partial charge in [-0.05, 0) is 103 Å². The molecule has 0 bridgehead atoms. The highest BCUT2D eigenvalue weighted by Gasteiger charge is 2.21. The van der Waals surface area contributed by atoms with Gasteiger partial charge in [-0.3, -0.25) is 9.13 Å². The quantitative estimate of drug-likeness (QED) is 0.130. The van der Waals surface area contributed by atoms with E-state index in [4.69, 9.17) is 29.4 Å². The third kappa shape index (κ3) is 6.90. The highest BCUT2D eigenvalue weighted by molar-refractivity contribution is 6.10. The minimum Gasteiger partial charge on any atom is -0.457 e. The van der Waals surface area contributed by atoms with Crippen LogP contribution < -0.4 is 9.47 Å². The lowest BCUT2D eigenvalue weighted by molar-refractivity contribution is 0.442. The Bertz CT molecular complexity index is 2970. The number of hydrogen-bond donors (Lipinski definition) is 0. The Morgan fingerprint density at radius 3 is 1.40 bits per heavy atom. The van der Waals surface area contributed by atoms with Crippen molar-refractivity contribution in [1.82, 2.24) is 29.1 Å². The van der Waals surface area contributed by atoms with Crippen molar-refractivity contribution in [3.05, 3.63) is 169 Å². The zero-order valence-electron chi connectivity index (χ0n) is 34.1. The van der Waals surface area contributed by atoms with Gasteiger partial charge in [-0.2, -0.15) is 0 Å². The molecular formula is C52H44N6O2. The molecule has 0 N–H and O–H groups in total. The number of rotatable bonds is 11. The van der Waals surface area contributed by atoms with E-state index in [0.29, 0.717) is 47.1 Å². The van der Waals surface area contributed by atoms with Crippen molar-refractivity contribution in [3.63, 3.8) is 0 Å². The van der Waals surface area contributed by atoms with E-state index in [1.54, 1.807) is 0 Å². The van der Waals surface area contributed by atoms with Crippen LogP contribution in [-0.2, 0) is 12.8 Å². The lowest BCUT2D eigenvalue weighted by atomic mass is 9.98. The lowest BCUT2D eigenvalue weighted by Gasteiger charge is -2.20. The number of pyridine rings is 2. The summed E-state index contributed by atoms with van der Waals surface area (Å²) >= 11 is 0. The molecule has 0 spiro atoms. The van der Waals surface area contributed by atoms with E-state index in [2.05, 4.69) is 122 Å². The largest absolute Gasteiger partial charge is 0.457 e. The number of hydrogen-bond acceptors (Lipinski definition) is 6. The predicted octanol–water partition coefficient (Wildman–Crippen LogP) is 13.1. The predicted molar refractivity (Wildman–Crippen MR) is 242 cm³/mol. The van der Waals surface area contributed by atoms with Crippen LogP contribution in [0.5, 0.6) is 23.0 Å². The van der Waals surface area contributed by atoms with Crippen LogP contribution in [0.1, 0.15) is 38.8 Å². The van der Waals surface area contributed by atoms with Crippen molar-refractivity contribution >= 4 is 43.6 Å². The monoisotopic (exact) mass is 784 g/mol. The van der Waals surface area contributed by atoms with E-state index in [0.717, 1.165) is 78.4 Å². The molecular weight excluding hydrogens is 741 g/mol. The fourth-order valence-corrected chi connectivity index (χ4v) is 8.37. The summed E-state index contributed by atoms with van der Waals surface area (Å²) < 4.78 is 18.5. The highest BCUT2D eigenvalue weighted by atomic mass is 16.5. The second kappa shape index (κ2) is 15.5. The van der Waals surface area contributed by atoms with Gasteiger partial charge in [-0.15, -0.1) is 0 Å². The van der Waals surface area contributed by atoms with Gasteiger partial charge in [0.15, 0.2) is 5.82 Å². The molecule has 0 saturated heterocycles. The molecule has 0 unspecified atom stereocenters. The zero-order chi connectivity index (χ0) is 40.7. The van der Waals surface area contributed by atoms with Gasteiger partial charge < -0.3 is 9.47 Å². The van der Waals surface area contributed by atoms with Crippen LogP contribution in [-0.4, -0.2) is 29.1 Å². The molecule has 0 saturated carbocycles. The number of para-hydroxylation sites is 2.